The molecule has 1 aromatic carbocycles. The minimum atomic E-state index is 0.562. The number of benzene rings is 1. The summed E-state index contributed by atoms with van der Waals surface area (Å²) in [5.41, 5.74) is 1.31. The number of hydrogen-bond donors (Lipinski definition) is 1. The fourth-order valence-corrected chi connectivity index (χ4v) is 1.67. The maximum atomic E-state index is 3.54. The lowest BCUT2D eigenvalue weighted by Crippen LogP contribution is -2.35. The van der Waals surface area contributed by atoms with Crippen LogP contribution in [0.2, 0.25) is 0 Å². The van der Waals surface area contributed by atoms with Gasteiger partial charge in [-0.15, -0.1) is 0 Å². The van der Waals surface area contributed by atoms with Crippen molar-refractivity contribution in [1.29, 1.82) is 0 Å². The van der Waals surface area contributed by atoms with Gasteiger partial charge >= 0.3 is 0 Å². The Morgan fingerprint density at radius 1 is 1.33 bits per heavy atom. The molecule has 0 heterocycles. The predicted molar refractivity (Wildman–Crippen MR) is 69.0 cm³/mol. The smallest absolute Gasteiger partial charge is 0.0220 e. The van der Waals surface area contributed by atoms with Crippen LogP contribution in [0, 0.1) is 0 Å². The van der Waals surface area contributed by atoms with Crippen LogP contribution in [0.15, 0.2) is 28.7 Å². The zero-order chi connectivity index (χ0) is 11.3. The molecular weight excluding hydrogens is 252 g/mol. The van der Waals surface area contributed by atoms with Gasteiger partial charge in [0.2, 0.25) is 0 Å². The number of hydrogen-bond acceptors (Lipinski definition) is 2. The molecule has 1 aromatic rings. The Hall–Kier alpha value is -0.380. The van der Waals surface area contributed by atoms with Crippen molar-refractivity contribution < 1.29 is 0 Å². The lowest BCUT2D eigenvalue weighted by molar-refractivity contribution is 0.302. The number of halogens is 1. The molecule has 0 saturated heterocycles. The maximum absolute atomic E-state index is 3.54. The van der Waals surface area contributed by atoms with Crippen LogP contribution in [0.25, 0.3) is 0 Å². The van der Waals surface area contributed by atoms with Crippen LogP contribution in [-0.2, 0) is 6.54 Å². The van der Waals surface area contributed by atoms with Gasteiger partial charge in [0.1, 0.15) is 0 Å². The van der Waals surface area contributed by atoms with Gasteiger partial charge in [-0.3, -0.25) is 0 Å². The second kappa shape index (κ2) is 6.26. The first-order valence-electron chi connectivity index (χ1n) is 5.22. The normalized spacial score (nSPS) is 13.1. The summed E-state index contributed by atoms with van der Waals surface area (Å²) in [5, 5.41) is 3.45. The van der Waals surface area contributed by atoms with Crippen LogP contribution < -0.4 is 5.32 Å². The van der Waals surface area contributed by atoms with Crippen molar-refractivity contribution in [2.75, 3.05) is 20.6 Å². The van der Waals surface area contributed by atoms with Gasteiger partial charge in [-0.2, -0.15) is 0 Å². The summed E-state index contributed by atoms with van der Waals surface area (Å²) in [4.78, 5) is 2.22. The molecule has 0 fully saturated rings. The molecule has 0 aliphatic rings. The molecule has 0 spiro atoms. The highest BCUT2D eigenvalue weighted by Gasteiger charge is 2.03. The minimum Gasteiger partial charge on any atom is -0.311 e. The van der Waals surface area contributed by atoms with Crippen molar-refractivity contribution >= 4 is 15.9 Å². The molecule has 0 aromatic heterocycles. The molecule has 1 N–H and O–H groups in total. The van der Waals surface area contributed by atoms with Crippen LogP contribution in [0.1, 0.15) is 12.5 Å². The lowest BCUT2D eigenvalue weighted by atomic mass is 10.2. The fraction of sp³-hybridized carbons (Fsp3) is 0.500. The van der Waals surface area contributed by atoms with Gasteiger partial charge in [0.05, 0.1) is 0 Å². The standard InChI is InChI=1S/C12H19BrN2/c1-10(15(2)3)8-14-9-11-6-4-5-7-12(11)13/h4-7,10,14H,8-9H2,1-3H3. The monoisotopic (exact) mass is 270 g/mol. The van der Waals surface area contributed by atoms with Crippen molar-refractivity contribution in [3.63, 3.8) is 0 Å². The Labute approximate surface area is 101 Å². The van der Waals surface area contributed by atoms with E-state index in [2.05, 4.69) is 65.4 Å². The van der Waals surface area contributed by atoms with Gasteiger partial charge < -0.3 is 10.2 Å². The van der Waals surface area contributed by atoms with E-state index in [9.17, 15) is 0 Å². The van der Waals surface area contributed by atoms with Crippen LogP contribution >= 0.6 is 15.9 Å². The average molecular weight is 271 g/mol. The van der Waals surface area contributed by atoms with E-state index in [1.807, 2.05) is 6.07 Å². The van der Waals surface area contributed by atoms with E-state index in [0.29, 0.717) is 6.04 Å². The summed E-state index contributed by atoms with van der Waals surface area (Å²) >= 11 is 3.54. The van der Waals surface area contributed by atoms with Gasteiger partial charge in [0, 0.05) is 23.6 Å². The van der Waals surface area contributed by atoms with Gasteiger partial charge in [-0.05, 0) is 32.6 Å². The molecular formula is C12H19BrN2. The molecule has 1 rings (SSSR count). The average Bonchev–Trinajstić information content (AvgIpc) is 2.20. The summed E-state index contributed by atoms with van der Waals surface area (Å²) in [6.07, 6.45) is 0. The van der Waals surface area contributed by atoms with Crippen molar-refractivity contribution in [2.24, 2.45) is 0 Å². The van der Waals surface area contributed by atoms with E-state index in [-0.39, 0.29) is 0 Å². The van der Waals surface area contributed by atoms with Gasteiger partial charge in [0.15, 0.2) is 0 Å². The SMILES string of the molecule is CC(CNCc1ccccc1Br)N(C)C. The number of nitrogens with zero attached hydrogens (tertiary/aromatic N) is 1. The fourth-order valence-electron chi connectivity index (χ4n) is 1.24. The van der Waals surface area contributed by atoms with E-state index in [1.54, 1.807) is 0 Å². The zero-order valence-electron chi connectivity index (χ0n) is 9.63. The molecule has 1 unspecified atom stereocenters. The Morgan fingerprint density at radius 3 is 2.60 bits per heavy atom. The van der Waals surface area contributed by atoms with Crippen LogP contribution in [0.5, 0.6) is 0 Å². The summed E-state index contributed by atoms with van der Waals surface area (Å²) in [6, 6.07) is 8.88. The molecule has 0 bridgehead atoms. The highest BCUT2D eigenvalue weighted by molar-refractivity contribution is 9.10. The van der Waals surface area contributed by atoms with Crippen molar-refractivity contribution in [1.82, 2.24) is 10.2 Å². The first-order valence-corrected chi connectivity index (χ1v) is 6.01. The van der Waals surface area contributed by atoms with Gasteiger partial charge in [-0.25, -0.2) is 0 Å². The molecule has 15 heavy (non-hydrogen) atoms. The minimum absolute atomic E-state index is 0.562. The third kappa shape index (κ3) is 4.33. The Balaban J connectivity index is 2.35. The van der Waals surface area contributed by atoms with Crippen LogP contribution in [0.3, 0.4) is 0 Å². The van der Waals surface area contributed by atoms with Crippen molar-refractivity contribution in [3.05, 3.63) is 34.3 Å². The molecule has 0 saturated carbocycles. The Morgan fingerprint density at radius 2 is 2.00 bits per heavy atom. The largest absolute Gasteiger partial charge is 0.311 e. The Kier molecular flexibility index (Phi) is 5.29. The summed E-state index contributed by atoms with van der Waals surface area (Å²) in [6.45, 7) is 4.14. The molecule has 3 heteroatoms. The van der Waals surface area contributed by atoms with Gasteiger partial charge in [0.25, 0.3) is 0 Å². The molecule has 2 nitrogen and oxygen atoms in total. The first kappa shape index (κ1) is 12.7. The van der Waals surface area contributed by atoms with E-state index < -0.39 is 0 Å². The third-order valence-corrected chi connectivity index (χ3v) is 3.37. The van der Waals surface area contributed by atoms with Gasteiger partial charge in [-0.1, -0.05) is 34.1 Å². The maximum Gasteiger partial charge on any atom is 0.0220 e. The Bertz CT molecular complexity index is 299. The number of rotatable bonds is 5. The van der Waals surface area contributed by atoms with E-state index in [1.165, 1.54) is 10.0 Å². The highest BCUT2D eigenvalue weighted by Crippen LogP contribution is 2.15. The number of nitrogens with one attached hydrogen (secondary N) is 1. The third-order valence-electron chi connectivity index (χ3n) is 2.59. The predicted octanol–water partition coefficient (Wildman–Crippen LogP) is 2.49. The highest BCUT2D eigenvalue weighted by atomic mass is 79.9. The van der Waals surface area contributed by atoms with Crippen molar-refractivity contribution in [2.45, 2.75) is 19.5 Å². The van der Waals surface area contributed by atoms with E-state index >= 15 is 0 Å². The molecule has 0 aliphatic carbocycles. The number of likely N-dealkylation sites (N-methyl/N-ethyl adjacent to an activating group) is 1. The topological polar surface area (TPSA) is 15.3 Å². The second-order valence-electron chi connectivity index (χ2n) is 4.03. The summed E-state index contributed by atoms with van der Waals surface area (Å²) < 4.78 is 1.18. The van der Waals surface area contributed by atoms with E-state index in [4.69, 9.17) is 0 Å². The van der Waals surface area contributed by atoms with Crippen LogP contribution in [-0.4, -0.2) is 31.6 Å². The second-order valence-corrected chi connectivity index (χ2v) is 4.89. The van der Waals surface area contributed by atoms with Crippen LogP contribution in [0.4, 0.5) is 0 Å². The van der Waals surface area contributed by atoms with Crippen molar-refractivity contribution in [3.8, 4) is 0 Å². The molecule has 0 amide bonds. The zero-order valence-corrected chi connectivity index (χ0v) is 11.2. The molecule has 0 radical (unpaired) electrons. The van der Waals surface area contributed by atoms with E-state index in [0.717, 1.165) is 13.1 Å². The summed E-state index contributed by atoms with van der Waals surface area (Å²) in [5.74, 6) is 0. The molecule has 84 valence electrons. The summed E-state index contributed by atoms with van der Waals surface area (Å²) in [7, 11) is 4.20. The molecule has 1 atom stereocenters. The quantitative estimate of drug-likeness (QED) is 0.885. The first-order chi connectivity index (χ1) is 7.11. The molecule has 0 aliphatic heterocycles. The lowest BCUT2D eigenvalue weighted by Gasteiger charge is -2.20.